The molecule has 4 nitrogen and oxygen atoms in total. The number of aliphatic hydroxyl groups is 1. The van der Waals surface area contributed by atoms with Gasteiger partial charge in [0.15, 0.2) is 11.6 Å². The Morgan fingerprint density at radius 1 is 1.63 bits per heavy atom. The Hall–Kier alpha value is -1.62. The number of rotatable bonds is 3. The molecule has 1 aromatic rings. The van der Waals surface area contributed by atoms with Gasteiger partial charge in [0.2, 0.25) is 5.91 Å². The molecular formula is C14H18FNO3. The molecule has 0 bridgehead atoms. The van der Waals surface area contributed by atoms with Gasteiger partial charge in [0, 0.05) is 18.9 Å². The molecule has 1 aliphatic rings. The zero-order chi connectivity index (χ0) is 14.0. The molecule has 1 heterocycles. The standard InChI is InChI=1S/C14H18FNO3/c1-3-13(18)9-6-10-12(16-8(2)17)4-5-19-14(10)11(15)7-9/h6-7,12-13,18H,3-5H2,1-2H3,(H,16,17). The highest BCUT2D eigenvalue weighted by Gasteiger charge is 2.26. The van der Waals surface area contributed by atoms with E-state index in [-0.39, 0.29) is 17.7 Å². The zero-order valence-electron chi connectivity index (χ0n) is 11.1. The first kappa shape index (κ1) is 13.8. The van der Waals surface area contributed by atoms with Crippen molar-refractivity contribution in [1.82, 2.24) is 5.32 Å². The molecule has 0 aromatic heterocycles. The van der Waals surface area contributed by atoms with Crippen LogP contribution in [0.15, 0.2) is 12.1 Å². The van der Waals surface area contributed by atoms with Crippen molar-refractivity contribution in [2.75, 3.05) is 6.61 Å². The van der Waals surface area contributed by atoms with E-state index in [0.29, 0.717) is 30.6 Å². The second-order valence-corrected chi connectivity index (χ2v) is 4.74. The molecule has 0 saturated heterocycles. The number of hydrogen-bond donors (Lipinski definition) is 2. The number of carbonyl (C=O) groups excluding carboxylic acids is 1. The van der Waals surface area contributed by atoms with Crippen LogP contribution in [0.25, 0.3) is 0 Å². The van der Waals surface area contributed by atoms with E-state index in [0.717, 1.165) is 0 Å². The van der Waals surface area contributed by atoms with E-state index in [9.17, 15) is 14.3 Å². The number of amides is 1. The van der Waals surface area contributed by atoms with Gasteiger partial charge in [0.1, 0.15) is 0 Å². The molecule has 0 aliphatic carbocycles. The van der Waals surface area contributed by atoms with Crippen molar-refractivity contribution in [1.29, 1.82) is 0 Å². The Kier molecular flexibility index (Phi) is 4.04. The lowest BCUT2D eigenvalue weighted by atomic mass is 9.95. The number of benzene rings is 1. The molecule has 1 amide bonds. The van der Waals surface area contributed by atoms with E-state index in [1.165, 1.54) is 13.0 Å². The summed E-state index contributed by atoms with van der Waals surface area (Å²) < 4.78 is 19.3. The van der Waals surface area contributed by atoms with Crippen molar-refractivity contribution in [3.63, 3.8) is 0 Å². The Balaban J connectivity index is 2.42. The molecule has 2 unspecified atom stereocenters. The van der Waals surface area contributed by atoms with Gasteiger partial charge in [-0.1, -0.05) is 6.92 Å². The van der Waals surface area contributed by atoms with Crippen molar-refractivity contribution in [2.45, 2.75) is 38.8 Å². The van der Waals surface area contributed by atoms with Crippen molar-refractivity contribution >= 4 is 5.91 Å². The average molecular weight is 267 g/mol. The van der Waals surface area contributed by atoms with Crippen LogP contribution in [0.1, 0.15) is 50.0 Å². The molecule has 2 atom stereocenters. The maximum absolute atomic E-state index is 14.0. The minimum atomic E-state index is -0.709. The largest absolute Gasteiger partial charge is 0.490 e. The van der Waals surface area contributed by atoms with Gasteiger partial charge in [-0.15, -0.1) is 0 Å². The summed E-state index contributed by atoms with van der Waals surface area (Å²) in [7, 11) is 0. The average Bonchev–Trinajstić information content (AvgIpc) is 2.38. The van der Waals surface area contributed by atoms with Crippen LogP contribution in [-0.2, 0) is 4.79 Å². The zero-order valence-corrected chi connectivity index (χ0v) is 11.1. The number of ether oxygens (including phenoxy) is 1. The fourth-order valence-electron chi connectivity index (χ4n) is 2.31. The fraction of sp³-hybridized carbons (Fsp3) is 0.500. The number of halogens is 1. The molecular weight excluding hydrogens is 249 g/mol. The Bertz CT molecular complexity index is 490. The van der Waals surface area contributed by atoms with E-state index < -0.39 is 11.9 Å². The van der Waals surface area contributed by atoms with Crippen LogP contribution < -0.4 is 10.1 Å². The third-order valence-corrected chi connectivity index (χ3v) is 3.27. The van der Waals surface area contributed by atoms with Crippen molar-refractivity contribution in [3.05, 3.63) is 29.1 Å². The number of nitrogens with one attached hydrogen (secondary N) is 1. The van der Waals surface area contributed by atoms with Gasteiger partial charge in [-0.2, -0.15) is 0 Å². The van der Waals surface area contributed by atoms with E-state index in [2.05, 4.69) is 5.32 Å². The number of fused-ring (bicyclic) bond motifs is 1. The molecule has 0 spiro atoms. The van der Waals surface area contributed by atoms with Crippen LogP contribution in [0.4, 0.5) is 4.39 Å². The smallest absolute Gasteiger partial charge is 0.217 e. The molecule has 5 heteroatoms. The quantitative estimate of drug-likeness (QED) is 0.883. The molecule has 2 N–H and O–H groups in total. The number of hydrogen-bond acceptors (Lipinski definition) is 3. The Morgan fingerprint density at radius 2 is 2.37 bits per heavy atom. The molecule has 0 fully saturated rings. The fourth-order valence-corrected chi connectivity index (χ4v) is 2.31. The Morgan fingerprint density at radius 3 is 3.00 bits per heavy atom. The lowest BCUT2D eigenvalue weighted by molar-refractivity contribution is -0.119. The third kappa shape index (κ3) is 2.87. The summed E-state index contributed by atoms with van der Waals surface area (Å²) in [5.74, 6) is -0.480. The molecule has 1 aliphatic heterocycles. The predicted molar refractivity (Wildman–Crippen MR) is 68.3 cm³/mol. The highest BCUT2D eigenvalue weighted by atomic mass is 19.1. The number of aliphatic hydroxyl groups excluding tert-OH is 1. The lowest BCUT2D eigenvalue weighted by Crippen LogP contribution is -2.31. The van der Waals surface area contributed by atoms with Gasteiger partial charge in [-0.25, -0.2) is 4.39 Å². The van der Waals surface area contributed by atoms with Gasteiger partial charge in [-0.05, 0) is 24.1 Å². The van der Waals surface area contributed by atoms with Gasteiger partial charge in [-0.3, -0.25) is 4.79 Å². The third-order valence-electron chi connectivity index (χ3n) is 3.27. The highest BCUT2D eigenvalue weighted by molar-refractivity contribution is 5.73. The minimum absolute atomic E-state index is 0.167. The van der Waals surface area contributed by atoms with Crippen LogP contribution in [0.2, 0.25) is 0 Å². The van der Waals surface area contributed by atoms with Gasteiger partial charge >= 0.3 is 0 Å². The summed E-state index contributed by atoms with van der Waals surface area (Å²) in [5, 5.41) is 12.6. The van der Waals surface area contributed by atoms with Crippen LogP contribution in [0.5, 0.6) is 5.75 Å². The minimum Gasteiger partial charge on any atom is -0.490 e. The van der Waals surface area contributed by atoms with E-state index in [1.54, 1.807) is 6.07 Å². The Labute approximate surface area is 111 Å². The molecule has 19 heavy (non-hydrogen) atoms. The molecule has 0 saturated carbocycles. The second kappa shape index (κ2) is 5.57. The summed E-state index contributed by atoms with van der Waals surface area (Å²) in [4.78, 5) is 11.2. The molecule has 2 rings (SSSR count). The summed E-state index contributed by atoms with van der Waals surface area (Å²) in [6, 6.07) is 2.75. The summed E-state index contributed by atoms with van der Waals surface area (Å²) >= 11 is 0. The highest BCUT2D eigenvalue weighted by Crippen LogP contribution is 2.36. The van der Waals surface area contributed by atoms with Gasteiger partial charge in [0.25, 0.3) is 0 Å². The van der Waals surface area contributed by atoms with Crippen LogP contribution in [0.3, 0.4) is 0 Å². The second-order valence-electron chi connectivity index (χ2n) is 4.74. The number of carbonyl (C=O) groups is 1. The first-order valence-electron chi connectivity index (χ1n) is 6.44. The maximum Gasteiger partial charge on any atom is 0.217 e. The predicted octanol–water partition coefficient (Wildman–Crippen LogP) is 2.23. The van der Waals surface area contributed by atoms with E-state index >= 15 is 0 Å². The lowest BCUT2D eigenvalue weighted by Gasteiger charge is -2.27. The van der Waals surface area contributed by atoms with E-state index in [4.69, 9.17) is 4.74 Å². The van der Waals surface area contributed by atoms with Crippen molar-refractivity contribution < 1.29 is 19.0 Å². The first-order chi connectivity index (χ1) is 9.02. The molecule has 104 valence electrons. The summed E-state index contributed by atoms with van der Waals surface area (Å²) in [5.41, 5.74) is 1.11. The van der Waals surface area contributed by atoms with Crippen molar-refractivity contribution in [2.24, 2.45) is 0 Å². The SMILES string of the molecule is CCC(O)c1cc(F)c2c(c1)C(NC(C)=O)CCO2. The topological polar surface area (TPSA) is 58.6 Å². The molecule has 0 radical (unpaired) electrons. The van der Waals surface area contributed by atoms with Crippen LogP contribution in [-0.4, -0.2) is 17.6 Å². The summed E-state index contributed by atoms with van der Waals surface area (Å²) in [6.07, 6.45) is 0.390. The normalized spacial score (nSPS) is 19.3. The van der Waals surface area contributed by atoms with Crippen LogP contribution in [0, 0.1) is 5.82 Å². The van der Waals surface area contributed by atoms with Crippen LogP contribution >= 0.6 is 0 Å². The van der Waals surface area contributed by atoms with E-state index in [1.807, 2.05) is 6.92 Å². The first-order valence-corrected chi connectivity index (χ1v) is 6.44. The monoisotopic (exact) mass is 267 g/mol. The maximum atomic E-state index is 14.0. The van der Waals surface area contributed by atoms with Gasteiger partial charge < -0.3 is 15.2 Å². The van der Waals surface area contributed by atoms with Gasteiger partial charge in [0.05, 0.1) is 18.8 Å². The van der Waals surface area contributed by atoms with Crippen molar-refractivity contribution in [3.8, 4) is 5.75 Å². The summed E-state index contributed by atoms with van der Waals surface area (Å²) in [6.45, 7) is 3.62. The molecule has 1 aromatic carbocycles.